The average Bonchev–Trinajstić information content (AvgIpc) is 3.62. The molecule has 1 aromatic heterocycles. The van der Waals surface area contributed by atoms with Gasteiger partial charge in [-0.1, -0.05) is 140 Å². The molecule has 0 aliphatic carbocycles. The fourth-order valence-electron chi connectivity index (χ4n) is 6.81. The van der Waals surface area contributed by atoms with E-state index in [1.807, 2.05) is 30.3 Å². The SMILES string of the molecule is c1ccc(-c2nc3c(o2)c(N(c2ccccc2)c2ccc(-c4cccc5ccccc45)cc2-c2ccccc2)cc2ccccc23)cc1. The zero-order chi connectivity index (χ0) is 31.9. The zero-order valence-corrected chi connectivity index (χ0v) is 26.1. The fourth-order valence-corrected chi connectivity index (χ4v) is 6.81. The third-order valence-corrected chi connectivity index (χ3v) is 9.07. The molecule has 0 saturated heterocycles. The molecule has 0 N–H and O–H groups in total. The number of benzene rings is 8. The van der Waals surface area contributed by atoms with Crippen molar-refractivity contribution in [1.82, 2.24) is 4.98 Å². The van der Waals surface area contributed by atoms with Crippen molar-refractivity contribution < 1.29 is 4.42 Å². The van der Waals surface area contributed by atoms with Crippen molar-refractivity contribution >= 4 is 49.7 Å². The molecule has 9 rings (SSSR count). The maximum Gasteiger partial charge on any atom is 0.227 e. The van der Waals surface area contributed by atoms with Crippen LogP contribution in [0, 0.1) is 0 Å². The lowest BCUT2D eigenvalue weighted by Crippen LogP contribution is -2.12. The van der Waals surface area contributed by atoms with Crippen LogP contribution in [-0.2, 0) is 0 Å². The highest BCUT2D eigenvalue weighted by Gasteiger charge is 2.24. The Morgan fingerprint density at radius 2 is 1.04 bits per heavy atom. The highest BCUT2D eigenvalue weighted by atomic mass is 16.3. The number of aromatic nitrogens is 1. The lowest BCUT2D eigenvalue weighted by atomic mass is 9.93. The van der Waals surface area contributed by atoms with Crippen LogP contribution in [0.25, 0.3) is 66.4 Å². The van der Waals surface area contributed by atoms with Crippen LogP contribution in [0.15, 0.2) is 186 Å². The van der Waals surface area contributed by atoms with Gasteiger partial charge in [-0.2, -0.15) is 0 Å². The third-order valence-electron chi connectivity index (χ3n) is 9.07. The normalized spacial score (nSPS) is 11.3. The maximum absolute atomic E-state index is 6.75. The van der Waals surface area contributed by atoms with E-state index in [-0.39, 0.29) is 0 Å². The molecule has 3 heteroatoms. The van der Waals surface area contributed by atoms with E-state index in [2.05, 4.69) is 157 Å². The van der Waals surface area contributed by atoms with Gasteiger partial charge < -0.3 is 9.32 Å². The molecule has 0 spiro atoms. The van der Waals surface area contributed by atoms with Gasteiger partial charge in [0, 0.05) is 22.2 Å². The second kappa shape index (κ2) is 11.7. The summed E-state index contributed by atoms with van der Waals surface area (Å²) in [6.07, 6.45) is 0. The first-order valence-electron chi connectivity index (χ1n) is 16.2. The highest BCUT2D eigenvalue weighted by molar-refractivity contribution is 6.12. The molecule has 9 aromatic rings. The molecule has 1 heterocycles. The van der Waals surface area contributed by atoms with E-state index in [0.29, 0.717) is 5.89 Å². The fraction of sp³-hybridized carbons (Fsp3) is 0. The molecule has 0 amide bonds. The zero-order valence-electron chi connectivity index (χ0n) is 26.1. The quantitative estimate of drug-likeness (QED) is 0.187. The molecule has 8 aromatic carbocycles. The number of nitrogens with zero attached hydrogens (tertiary/aromatic N) is 2. The molecule has 226 valence electrons. The van der Waals surface area contributed by atoms with Gasteiger partial charge in [-0.15, -0.1) is 0 Å². The van der Waals surface area contributed by atoms with E-state index >= 15 is 0 Å². The minimum atomic E-state index is 0.603. The third kappa shape index (κ3) is 4.81. The molecule has 48 heavy (non-hydrogen) atoms. The van der Waals surface area contributed by atoms with E-state index in [1.165, 1.54) is 16.3 Å². The minimum absolute atomic E-state index is 0.603. The summed E-state index contributed by atoms with van der Waals surface area (Å²) < 4.78 is 6.75. The van der Waals surface area contributed by atoms with Crippen molar-refractivity contribution in [1.29, 1.82) is 0 Å². The number of anilines is 3. The van der Waals surface area contributed by atoms with Crippen LogP contribution in [-0.4, -0.2) is 4.98 Å². The summed E-state index contributed by atoms with van der Waals surface area (Å²) in [6, 6.07) is 63.9. The summed E-state index contributed by atoms with van der Waals surface area (Å²) >= 11 is 0. The lowest BCUT2D eigenvalue weighted by molar-refractivity contribution is 0.620. The molecule has 0 aliphatic heterocycles. The van der Waals surface area contributed by atoms with Crippen LogP contribution < -0.4 is 4.90 Å². The largest absolute Gasteiger partial charge is 0.434 e. The Balaban J connectivity index is 1.34. The van der Waals surface area contributed by atoms with Crippen LogP contribution in [0.1, 0.15) is 0 Å². The van der Waals surface area contributed by atoms with Gasteiger partial charge in [-0.3, -0.25) is 0 Å². The van der Waals surface area contributed by atoms with Crippen molar-refractivity contribution in [3.8, 4) is 33.7 Å². The first-order chi connectivity index (χ1) is 23.8. The van der Waals surface area contributed by atoms with Gasteiger partial charge in [0.2, 0.25) is 5.89 Å². The summed E-state index contributed by atoms with van der Waals surface area (Å²) in [5.41, 5.74) is 10.2. The molecule has 3 nitrogen and oxygen atoms in total. The van der Waals surface area contributed by atoms with Gasteiger partial charge >= 0.3 is 0 Å². The van der Waals surface area contributed by atoms with Crippen LogP contribution in [0.2, 0.25) is 0 Å². The van der Waals surface area contributed by atoms with Crippen LogP contribution >= 0.6 is 0 Å². The number of rotatable bonds is 6. The van der Waals surface area contributed by atoms with Gasteiger partial charge in [0.05, 0.1) is 11.4 Å². The number of hydrogen-bond acceptors (Lipinski definition) is 3. The molecule has 0 bridgehead atoms. The monoisotopic (exact) mass is 614 g/mol. The van der Waals surface area contributed by atoms with E-state index in [9.17, 15) is 0 Å². The van der Waals surface area contributed by atoms with Gasteiger partial charge in [0.1, 0.15) is 5.52 Å². The minimum Gasteiger partial charge on any atom is -0.434 e. The molecular weight excluding hydrogens is 585 g/mol. The number of para-hydroxylation sites is 1. The average molecular weight is 615 g/mol. The Hall–Kier alpha value is -6.45. The molecule has 0 unspecified atom stereocenters. The van der Waals surface area contributed by atoms with Gasteiger partial charge in [-0.25, -0.2) is 4.98 Å². The second-order valence-electron chi connectivity index (χ2n) is 12.0. The predicted octanol–water partition coefficient (Wildman–Crippen LogP) is 12.6. The topological polar surface area (TPSA) is 29.3 Å². The van der Waals surface area contributed by atoms with Crippen molar-refractivity contribution in [2.75, 3.05) is 4.90 Å². The molecular formula is C45H30N2O. The van der Waals surface area contributed by atoms with Crippen molar-refractivity contribution in [2.45, 2.75) is 0 Å². The first-order valence-corrected chi connectivity index (χ1v) is 16.2. The molecule has 0 atom stereocenters. The second-order valence-corrected chi connectivity index (χ2v) is 12.0. The van der Waals surface area contributed by atoms with E-state index in [1.54, 1.807) is 0 Å². The Morgan fingerprint density at radius 3 is 1.81 bits per heavy atom. The first kappa shape index (κ1) is 27.8. The smallest absolute Gasteiger partial charge is 0.227 e. The summed E-state index contributed by atoms with van der Waals surface area (Å²) in [6.45, 7) is 0. The van der Waals surface area contributed by atoms with Crippen LogP contribution in [0.5, 0.6) is 0 Å². The molecule has 0 fully saturated rings. The molecule has 0 saturated carbocycles. The van der Waals surface area contributed by atoms with Crippen molar-refractivity contribution in [3.63, 3.8) is 0 Å². The summed E-state index contributed by atoms with van der Waals surface area (Å²) in [4.78, 5) is 7.43. The summed E-state index contributed by atoms with van der Waals surface area (Å²) in [7, 11) is 0. The Morgan fingerprint density at radius 1 is 0.417 bits per heavy atom. The molecule has 0 radical (unpaired) electrons. The Labute approximate surface area is 279 Å². The van der Waals surface area contributed by atoms with E-state index in [0.717, 1.165) is 61.2 Å². The standard InChI is InChI=1S/C45H30N2O/c1-4-15-32(16-5-1)40-29-35(38-26-14-21-31-17-10-12-24-37(31)38)27-28-41(40)47(36-22-8-3-9-23-36)42-30-34-20-11-13-25-39(34)43-44(42)48-45(46-43)33-18-6-2-7-19-33/h1-30H. The molecule has 0 aliphatic rings. The van der Waals surface area contributed by atoms with Crippen molar-refractivity contribution in [3.05, 3.63) is 182 Å². The number of oxazole rings is 1. The van der Waals surface area contributed by atoms with Gasteiger partial charge in [0.25, 0.3) is 0 Å². The van der Waals surface area contributed by atoms with Crippen LogP contribution in [0.3, 0.4) is 0 Å². The van der Waals surface area contributed by atoms with E-state index < -0.39 is 0 Å². The Bertz CT molecular complexity index is 2550. The predicted molar refractivity (Wildman–Crippen MR) is 200 cm³/mol. The van der Waals surface area contributed by atoms with Gasteiger partial charge in [0.15, 0.2) is 5.58 Å². The Kier molecular flexibility index (Phi) is 6.80. The van der Waals surface area contributed by atoms with Gasteiger partial charge in [-0.05, 0) is 75.3 Å². The lowest BCUT2D eigenvalue weighted by Gasteiger charge is -2.28. The highest BCUT2D eigenvalue weighted by Crippen LogP contribution is 2.47. The number of hydrogen-bond donors (Lipinski definition) is 0. The maximum atomic E-state index is 6.75. The van der Waals surface area contributed by atoms with Crippen molar-refractivity contribution in [2.24, 2.45) is 0 Å². The van der Waals surface area contributed by atoms with Crippen LogP contribution in [0.4, 0.5) is 17.1 Å². The van der Waals surface area contributed by atoms with E-state index in [4.69, 9.17) is 9.40 Å². The summed E-state index contributed by atoms with van der Waals surface area (Å²) in [5.74, 6) is 0.603. The summed E-state index contributed by atoms with van der Waals surface area (Å²) in [5, 5.41) is 4.62. The number of fused-ring (bicyclic) bond motifs is 4.